The first kappa shape index (κ1) is 22.3. The van der Waals surface area contributed by atoms with Gasteiger partial charge in [0, 0.05) is 16.0 Å². The van der Waals surface area contributed by atoms with Gasteiger partial charge in [-0.3, -0.25) is 4.79 Å². The van der Waals surface area contributed by atoms with Crippen molar-refractivity contribution in [2.24, 2.45) is 0 Å². The molecule has 0 aromatic carbocycles. The summed E-state index contributed by atoms with van der Waals surface area (Å²) >= 11 is 2.84. The number of nitrogens with zero attached hydrogens (tertiary/aromatic N) is 1. The van der Waals surface area contributed by atoms with E-state index >= 15 is 0 Å². The third-order valence-corrected chi connectivity index (χ3v) is 8.90. The molecule has 0 radical (unpaired) electrons. The predicted octanol–water partition coefficient (Wildman–Crippen LogP) is 5.91. The zero-order chi connectivity index (χ0) is 22.9. The number of nitrogens with two attached hydrogens (primary N) is 1. The van der Waals surface area contributed by atoms with Gasteiger partial charge in [-0.15, -0.1) is 22.7 Å². The molecule has 0 spiro atoms. The van der Waals surface area contributed by atoms with Crippen molar-refractivity contribution in [3.8, 4) is 0 Å². The Balaban J connectivity index is 1.50. The highest BCUT2D eigenvalue weighted by Gasteiger charge is 2.28. The fourth-order valence-corrected chi connectivity index (χ4v) is 7.18. The Morgan fingerprint density at radius 3 is 2.64 bits per heavy atom. The van der Waals surface area contributed by atoms with Crippen LogP contribution < -0.4 is 11.1 Å². The summed E-state index contributed by atoms with van der Waals surface area (Å²) in [6.07, 6.45) is 10.6. The van der Waals surface area contributed by atoms with E-state index in [2.05, 4.69) is 11.4 Å². The minimum absolute atomic E-state index is 0.284. The number of fused-ring (bicyclic) bond motifs is 3. The molecular weight excluding hydrogens is 454 g/mol. The van der Waals surface area contributed by atoms with Crippen molar-refractivity contribution in [3.63, 3.8) is 0 Å². The number of esters is 1. The van der Waals surface area contributed by atoms with Crippen LogP contribution in [0.5, 0.6) is 0 Å². The summed E-state index contributed by atoms with van der Waals surface area (Å²) in [5, 5.41) is 4.45. The predicted molar refractivity (Wildman–Crippen MR) is 135 cm³/mol. The van der Waals surface area contributed by atoms with Gasteiger partial charge < -0.3 is 15.8 Å². The van der Waals surface area contributed by atoms with Crippen molar-refractivity contribution < 1.29 is 14.3 Å². The lowest BCUT2D eigenvalue weighted by Crippen LogP contribution is -2.15. The van der Waals surface area contributed by atoms with E-state index in [1.54, 1.807) is 6.92 Å². The number of rotatable bonds is 4. The first-order valence-corrected chi connectivity index (χ1v) is 13.5. The van der Waals surface area contributed by atoms with Gasteiger partial charge in [-0.25, -0.2) is 9.78 Å². The number of carbonyl (C=O) groups excluding carboxylic acids is 2. The summed E-state index contributed by atoms with van der Waals surface area (Å²) in [5.74, 6) is -0.641. The van der Waals surface area contributed by atoms with E-state index in [0.29, 0.717) is 27.7 Å². The van der Waals surface area contributed by atoms with Gasteiger partial charge in [0.25, 0.3) is 5.91 Å². The molecule has 6 nitrogen and oxygen atoms in total. The molecule has 0 atom stereocenters. The summed E-state index contributed by atoms with van der Waals surface area (Å²) in [6.45, 7) is 2.10. The number of thiophene rings is 2. The highest BCUT2D eigenvalue weighted by atomic mass is 32.1. The van der Waals surface area contributed by atoms with E-state index in [4.69, 9.17) is 15.5 Å². The second-order valence-corrected chi connectivity index (χ2v) is 10.9. The lowest BCUT2D eigenvalue weighted by Gasteiger charge is -2.14. The molecule has 3 heterocycles. The van der Waals surface area contributed by atoms with Crippen LogP contribution in [0.3, 0.4) is 0 Å². The highest BCUT2D eigenvalue weighted by Crippen LogP contribution is 2.40. The molecule has 0 saturated heterocycles. The van der Waals surface area contributed by atoms with Gasteiger partial charge in [-0.2, -0.15) is 0 Å². The van der Waals surface area contributed by atoms with Gasteiger partial charge in [0.2, 0.25) is 0 Å². The van der Waals surface area contributed by atoms with Gasteiger partial charge in [0.1, 0.15) is 14.7 Å². The molecule has 33 heavy (non-hydrogen) atoms. The second kappa shape index (κ2) is 9.43. The Morgan fingerprint density at radius 1 is 1.06 bits per heavy atom. The van der Waals surface area contributed by atoms with E-state index in [1.807, 2.05) is 0 Å². The fraction of sp³-hybridized carbons (Fsp3) is 0.480. The number of anilines is 2. The van der Waals surface area contributed by atoms with Gasteiger partial charge in [-0.05, 0) is 75.5 Å². The smallest absolute Gasteiger partial charge is 0.341 e. The zero-order valence-corrected chi connectivity index (χ0v) is 20.6. The molecule has 3 N–H and O–H groups in total. The van der Waals surface area contributed by atoms with Crippen LogP contribution in [0.25, 0.3) is 10.2 Å². The Bertz CT molecular complexity index is 1230. The Hall–Kier alpha value is -2.45. The SMILES string of the molecule is CCOC(=O)c1c(NC(=O)c2sc3nc4c(cc3c2N)CCCC4)sc2c1CCCCCC2. The first-order valence-electron chi connectivity index (χ1n) is 11.9. The molecule has 2 aliphatic rings. The van der Waals surface area contributed by atoms with Gasteiger partial charge in [0.15, 0.2) is 0 Å². The van der Waals surface area contributed by atoms with Crippen molar-refractivity contribution in [2.45, 2.75) is 71.1 Å². The first-order chi connectivity index (χ1) is 16.1. The summed E-state index contributed by atoms with van der Waals surface area (Å²) in [7, 11) is 0. The van der Waals surface area contributed by atoms with Crippen molar-refractivity contribution >= 4 is 55.5 Å². The summed E-state index contributed by atoms with van der Waals surface area (Å²) in [6, 6.07) is 2.11. The van der Waals surface area contributed by atoms with E-state index in [0.717, 1.165) is 79.3 Å². The molecule has 0 bridgehead atoms. The molecule has 0 fully saturated rings. The maximum Gasteiger partial charge on any atom is 0.341 e. The number of nitrogen functional groups attached to an aromatic ring is 1. The Kier molecular flexibility index (Phi) is 6.38. The van der Waals surface area contributed by atoms with Gasteiger partial charge in [-0.1, -0.05) is 12.8 Å². The summed E-state index contributed by atoms with van der Waals surface area (Å²) in [4.78, 5) is 33.5. The van der Waals surface area contributed by atoms with Crippen LogP contribution >= 0.6 is 22.7 Å². The van der Waals surface area contributed by atoms with Crippen LogP contribution in [0.1, 0.15) is 87.2 Å². The largest absolute Gasteiger partial charge is 0.462 e. The number of aryl methyl sites for hydroxylation is 3. The van der Waals surface area contributed by atoms with E-state index in [-0.39, 0.29) is 11.9 Å². The molecule has 174 valence electrons. The zero-order valence-electron chi connectivity index (χ0n) is 18.9. The molecule has 2 aliphatic carbocycles. The normalized spacial score (nSPS) is 15.9. The molecule has 3 aromatic heterocycles. The molecule has 5 rings (SSSR count). The molecule has 1 amide bonds. The van der Waals surface area contributed by atoms with Crippen LogP contribution in [0.2, 0.25) is 0 Å². The van der Waals surface area contributed by atoms with E-state index < -0.39 is 0 Å². The maximum atomic E-state index is 13.4. The van der Waals surface area contributed by atoms with Gasteiger partial charge >= 0.3 is 5.97 Å². The molecule has 8 heteroatoms. The van der Waals surface area contributed by atoms with E-state index in [9.17, 15) is 9.59 Å². The summed E-state index contributed by atoms with van der Waals surface area (Å²) in [5.41, 5.74) is 10.9. The lowest BCUT2D eigenvalue weighted by atomic mass is 9.95. The van der Waals surface area contributed by atoms with E-state index in [1.165, 1.54) is 39.5 Å². The highest BCUT2D eigenvalue weighted by molar-refractivity contribution is 7.21. The third-order valence-electron chi connectivity index (χ3n) is 6.58. The van der Waals surface area contributed by atoms with Crippen molar-refractivity contribution in [1.82, 2.24) is 4.98 Å². The summed E-state index contributed by atoms with van der Waals surface area (Å²) < 4.78 is 5.37. The Labute approximate surface area is 201 Å². The van der Waals surface area contributed by atoms with Crippen molar-refractivity contribution in [1.29, 1.82) is 0 Å². The maximum absolute atomic E-state index is 13.4. The van der Waals surface area contributed by atoms with Crippen LogP contribution in [0.15, 0.2) is 6.07 Å². The number of pyridine rings is 1. The lowest BCUT2D eigenvalue weighted by molar-refractivity contribution is 0.0526. The molecule has 0 saturated carbocycles. The molecular formula is C25H29N3O3S2. The Morgan fingerprint density at radius 2 is 1.82 bits per heavy atom. The second-order valence-electron chi connectivity index (χ2n) is 8.80. The van der Waals surface area contributed by atoms with Crippen LogP contribution in [-0.4, -0.2) is 23.5 Å². The van der Waals surface area contributed by atoms with Crippen LogP contribution in [-0.2, 0) is 30.4 Å². The third kappa shape index (κ3) is 4.26. The van der Waals surface area contributed by atoms with Crippen molar-refractivity contribution in [3.05, 3.63) is 38.2 Å². The van der Waals surface area contributed by atoms with Crippen LogP contribution in [0.4, 0.5) is 10.7 Å². The minimum atomic E-state index is -0.357. The van der Waals surface area contributed by atoms with Gasteiger partial charge in [0.05, 0.1) is 17.9 Å². The fourth-order valence-electron chi connectivity index (χ4n) is 4.91. The molecule has 0 unspecified atom stereocenters. The molecule has 0 aliphatic heterocycles. The minimum Gasteiger partial charge on any atom is -0.462 e. The number of amides is 1. The number of ether oxygens (including phenoxy) is 1. The topological polar surface area (TPSA) is 94.3 Å². The molecule has 3 aromatic rings. The average Bonchev–Trinajstić information content (AvgIpc) is 3.29. The van der Waals surface area contributed by atoms with Crippen molar-refractivity contribution in [2.75, 3.05) is 17.7 Å². The number of aromatic nitrogens is 1. The monoisotopic (exact) mass is 483 g/mol. The number of nitrogens with one attached hydrogen (secondary N) is 1. The quantitative estimate of drug-likeness (QED) is 0.450. The standard InChI is InChI=1S/C25H29N3O3S2/c1-2-31-25(30)19-15-10-5-3-4-6-12-18(15)32-24(19)28-22(29)21-20(26)16-13-14-9-7-8-11-17(14)27-23(16)33-21/h13H,2-12,26H2,1H3,(H,28,29). The number of carbonyl (C=O) groups is 2. The average molecular weight is 484 g/mol. The van der Waals surface area contributed by atoms with Crippen LogP contribution in [0, 0.1) is 0 Å². The number of hydrogen-bond donors (Lipinski definition) is 2. The number of hydrogen-bond acceptors (Lipinski definition) is 7.